The Bertz CT molecular complexity index is 773. The lowest BCUT2D eigenvalue weighted by atomic mass is 9.51. The molecule has 2 bridgehead atoms. The van der Waals surface area contributed by atoms with E-state index >= 15 is 0 Å². The predicted octanol–water partition coefficient (Wildman–Crippen LogP) is -0.593. The number of carbonyl (C=O) groups excluding carboxylic acids is 1. The monoisotopic (exact) mass is 314 g/mol. The number of carbonyl (C=O) groups is 1. The second-order valence-electron chi connectivity index (χ2n) is 7.26. The third-order valence-corrected chi connectivity index (χ3v) is 6.50. The molecular weight excluding hydrogens is 294 g/mol. The van der Waals surface area contributed by atoms with E-state index in [9.17, 15) is 9.90 Å². The number of likely N-dealkylation sites (N-methyl/N-ethyl adjacent to an activating group) is 1. The highest BCUT2D eigenvalue weighted by Gasteiger charge is 2.73. The van der Waals surface area contributed by atoms with E-state index in [1.165, 1.54) is 16.5 Å². The molecule has 0 amide bonds. The van der Waals surface area contributed by atoms with Crippen LogP contribution in [0, 0.1) is 0 Å². The van der Waals surface area contributed by atoms with Crippen LogP contribution in [0.5, 0.6) is 11.5 Å². The van der Waals surface area contributed by atoms with Crippen LogP contribution in [-0.2, 0) is 16.6 Å². The van der Waals surface area contributed by atoms with E-state index in [2.05, 4.69) is 13.1 Å². The van der Waals surface area contributed by atoms with Crippen molar-refractivity contribution in [3.63, 3.8) is 0 Å². The first-order chi connectivity index (χ1) is 11.0. The normalized spacial score (nSPS) is 42.2. The minimum absolute atomic E-state index is 0.0403. The Hall–Kier alpha value is -1.85. The first kappa shape index (κ1) is 13.6. The molecule has 120 valence electrons. The van der Waals surface area contributed by atoms with Crippen molar-refractivity contribution in [3.8, 4) is 11.5 Å². The molecule has 1 unspecified atom stereocenters. The molecule has 1 aromatic rings. The molecule has 2 aliphatic carbocycles. The number of hydrogen-bond donors (Lipinski definition) is 2. The van der Waals surface area contributed by atoms with Gasteiger partial charge in [-0.05, 0) is 23.8 Å². The molecule has 1 saturated heterocycles. The number of rotatable bonds is 1. The number of ether oxygens (including phenoxy) is 2. The summed E-state index contributed by atoms with van der Waals surface area (Å²) in [6, 6.07) is 4.02. The molecule has 23 heavy (non-hydrogen) atoms. The highest BCUT2D eigenvalue weighted by molar-refractivity contribution is 5.98. The van der Waals surface area contributed by atoms with Crippen molar-refractivity contribution in [1.29, 1.82) is 0 Å². The van der Waals surface area contributed by atoms with Gasteiger partial charge in [-0.2, -0.15) is 0 Å². The second-order valence-corrected chi connectivity index (χ2v) is 7.26. The molecular formula is C18H20NO4+. The Morgan fingerprint density at radius 2 is 2.26 bits per heavy atom. The van der Waals surface area contributed by atoms with Crippen LogP contribution in [0.2, 0.25) is 0 Å². The fourth-order valence-electron chi connectivity index (χ4n) is 5.42. The summed E-state index contributed by atoms with van der Waals surface area (Å²) in [5, 5.41) is 11.7. The fourth-order valence-corrected chi connectivity index (χ4v) is 5.42. The average molecular weight is 314 g/mol. The lowest BCUT2D eigenvalue weighted by Gasteiger charge is -2.57. The Kier molecular flexibility index (Phi) is 2.34. The van der Waals surface area contributed by atoms with Gasteiger partial charge in [0.05, 0.1) is 26.1 Å². The number of likely N-dealkylation sites (tertiary alicyclic amines) is 1. The molecule has 0 radical (unpaired) electrons. The first-order valence-electron chi connectivity index (χ1n) is 8.17. The predicted molar refractivity (Wildman–Crippen MR) is 82.0 cm³/mol. The van der Waals surface area contributed by atoms with Gasteiger partial charge in [0, 0.05) is 18.4 Å². The van der Waals surface area contributed by atoms with E-state index in [-0.39, 0.29) is 11.8 Å². The summed E-state index contributed by atoms with van der Waals surface area (Å²) < 4.78 is 11.6. The Labute approximate surface area is 134 Å². The number of methoxy groups -OCH3 is 1. The van der Waals surface area contributed by atoms with E-state index in [1.54, 1.807) is 13.2 Å². The molecule has 5 rings (SSSR count). The maximum Gasteiger partial charge on any atom is 0.197 e. The van der Waals surface area contributed by atoms with Gasteiger partial charge in [-0.3, -0.25) is 4.79 Å². The van der Waals surface area contributed by atoms with E-state index < -0.39 is 17.1 Å². The van der Waals surface area contributed by atoms with Gasteiger partial charge < -0.3 is 19.5 Å². The third kappa shape index (κ3) is 1.28. The number of ketones is 1. The van der Waals surface area contributed by atoms with Crippen molar-refractivity contribution in [3.05, 3.63) is 35.4 Å². The van der Waals surface area contributed by atoms with Crippen molar-refractivity contribution < 1.29 is 24.3 Å². The number of benzene rings is 1. The molecule has 1 spiro atoms. The molecule has 2 heterocycles. The summed E-state index contributed by atoms with van der Waals surface area (Å²) in [5.74, 6) is 1.25. The zero-order valence-electron chi connectivity index (χ0n) is 13.3. The molecule has 1 aromatic carbocycles. The maximum absolute atomic E-state index is 12.6. The van der Waals surface area contributed by atoms with Gasteiger partial charge in [-0.25, -0.2) is 0 Å². The third-order valence-electron chi connectivity index (χ3n) is 6.50. The highest BCUT2D eigenvalue weighted by Crippen LogP contribution is 2.61. The van der Waals surface area contributed by atoms with Gasteiger partial charge >= 0.3 is 0 Å². The number of aliphatic hydroxyl groups is 1. The van der Waals surface area contributed by atoms with Crippen LogP contribution in [0.25, 0.3) is 0 Å². The Morgan fingerprint density at radius 1 is 1.43 bits per heavy atom. The van der Waals surface area contributed by atoms with E-state index in [0.717, 1.165) is 24.9 Å². The molecule has 2 N–H and O–H groups in total. The number of nitrogens with one attached hydrogen (secondary N) is 1. The van der Waals surface area contributed by atoms with Crippen molar-refractivity contribution in [2.24, 2.45) is 0 Å². The van der Waals surface area contributed by atoms with Crippen molar-refractivity contribution in [2.45, 2.75) is 36.0 Å². The molecule has 0 saturated carbocycles. The minimum atomic E-state index is -1.04. The van der Waals surface area contributed by atoms with Crippen LogP contribution >= 0.6 is 0 Å². The zero-order chi connectivity index (χ0) is 16.0. The van der Waals surface area contributed by atoms with Gasteiger partial charge in [-0.15, -0.1) is 0 Å². The lowest BCUT2D eigenvalue weighted by Crippen LogP contribution is -3.19. The maximum atomic E-state index is 12.6. The molecule has 5 heteroatoms. The summed E-state index contributed by atoms with van der Waals surface area (Å²) in [6.45, 7) is 0.921. The van der Waals surface area contributed by atoms with Crippen LogP contribution in [-0.4, -0.2) is 49.3 Å². The Morgan fingerprint density at radius 3 is 3.04 bits per heavy atom. The summed E-state index contributed by atoms with van der Waals surface area (Å²) in [5.41, 5.74) is 0.477. The fraction of sp³-hybridized carbons (Fsp3) is 0.500. The molecule has 1 fully saturated rings. The number of quaternary nitrogens is 1. The van der Waals surface area contributed by atoms with Crippen LogP contribution < -0.4 is 14.4 Å². The summed E-state index contributed by atoms with van der Waals surface area (Å²) in [6.07, 6.45) is 4.13. The summed E-state index contributed by atoms with van der Waals surface area (Å²) >= 11 is 0. The molecule has 5 nitrogen and oxygen atoms in total. The smallest absolute Gasteiger partial charge is 0.197 e. The Balaban J connectivity index is 1.89. The van der Waals surface area contributed by atoms with E-state index in [1.807, 2.05) is 6.07 Å². The summed E-state index contributed by atoms with van der Waals surface area (Å²) in [4.78, 5) is 13.9. The average Bonchev–Trinajstić information content (AvgIpc) is 2.90. The van der Waals surface area contributed by atoms with Crippen LogP contribution in [0.15, 0.2) is 24.3 Å². The van der Waals surface area contributed by atoms with Crippen LogP contribution in [0.4, 0.5) is 0 Å². The van der Waals surface area contributed by atoms with Crippen LogP contribution in [0.3, 0.4) is 0 Å². The highest BCUT2D eigenvalue weighted by atomic mass is 16.5. The SMILES string of the molecule is COc1ccc2c3c1O[C@H]1C(=O)C=C[C@]4(O)[C@@H](C2)[NH+](C)CC[C@]314. The van der Waals surface area contributed by atoms with Crippen molar-refractivity contribution in [1.82, 2.24) is 0 Å². The summed E-state index contributed by atoms with van der Waals surface area (Å²) in [7, 11) is 3.73. The van der Waals surface area contributed by atoms with Gasteiger partial charge in [0.15, 0.2) is 23.4 Å². The largest absolute Gasteiger partial charge is 0.493 e. The zero-order valence-corrected chi connectivity index (χ0v) is 13.3. The van der Waals surface area contributed by atoms with Crippen molar-refractivity contribution >= 4 is 5.78 Å². The van der Waals surface area contributed by atoms with Gasteiger partial charge in [0.2, 0.25) is 0 Å². The molecule has 4 aliphatic rings. The first-order valence-corrected chi connectivity index (χ1v) is 8.17. The van der Waals surface area contributed by atoms with Gasteiger partial charge in [-0.1, -0.05) is 6.07 Å². The topological polar surface area (TPSA) is 60.2 Å². The molecule has 0 aromatic heterocycles. The molecule has 2 aliphatic heterocycles. The standard InChI is InChI=1S/C18H19NO4/c1-19-8-7-17-14-10-3-4-12(22-2)15(14)23-16(17)11(20)5-6-18(17,21)13(19)9-10/h3-6,13,16,21H,7-9H2,1-2H3/p+1/t13-,16+,17+,18+/m1/s1. The van der Waals surface area contributed by atoms with Crippen molar-refractivity contribution in [2.75, 3.05) is 20.7 Å². The number of piperidine rings is 1. The molecule has 5 atom stereocenters. The van der Waals surface area contributed by atoms with Crippen LogP contribution in [0.1, 0.15) is 17.5 Å². The number of hydrogen-bond acceptors (Lipinski definition) is 4. The lowest BCUT2D eigenvalue weighted by molar-refractivity contribution is -0.922. The second kappa shape index (κ2) is 3.97. The van der Waals surface area contributed by atoms with E-state index in [0.29, 0.717) is 11.5 Å². The van der Waals surface area contributed by atoms with Gasteiger partial charge in [0.1, 0.15) is 11.6 Å². The quantitative estimate of drug-likeness (QED) is 0.727. The van der Waals surface area contributed by atoms with E-state index in [4.69, 9.17) is 9.47 Å². The van der Waals surface area contributed by atoms with Gasteiger partial charge in [0.25, 0.3) is 0 Å². The minimum Gasteiger partial charge on any atom is -0.493 e.